The Kier molecular flexibility index (Phi) is 5.89. The molecule has 0 saturated carbocycles. The van der Waals surface area contributed by atoms with Crippen molar-refractivity contribution in [3.8, 4) is 0 Å². The molecule has 0 aromatic heterocycles. The zero-order chi connectivity index (χ0) is 20.2. The number of piperidine rings is 2. The van der Waals surface area contributed by atoms with Gasteiger partial charge in [-0.15, -0.1) is 0 Å². The first kappa shape index (κ1) is 19.6. The molecule has 0 atom stereocenters. The summed E-state index contributed by atoms with van der Waals surface area (Å²) in [7, 11) is 4.25. The highest BCUT2D eigenvalue weighted by Gasteiger charge is 2.29. The van der Waals surface area contributed by atoms with E-state index in [-0.39, 0.29) is 5.78 Å². The van der Waals surface area contributed by atoms with Gasteiger partial charge in [0, 0.05) is 37.3 Å². The molecule has 2 fully saturated rings. The highest BCUT2D eigenvalue weighted by Crippen LogP contribution is 2.31. The smallest absolute Gasteiger partial charge is 0.187 e. The number of nitrogens with zero attached hydrogens (tertiary/aromatic N) is 2. The lowest BCUT2D eigenvalue weighted by molar-refractivity contribution is -0.113. The van der Waals surface area contributed by atoms with Gasteiger partial charge >= 0.3 is 0 Å². The van der Waals surface area contributed by atoms with Crippen LogP contribution in [0.15, 0.2) is 83.0 Å². The van der Waals surface area contributed by atoms with Gasteiger partial charge in [-0.3, -0.25) is 9.69 Å². The molecule has 2 aliphatic heterocycles. The number of carbonyl (C=O) groups is 1. The van der Waals surface area contributed by atoms with Crippen LogP contribution in [0.1, 0.15) is 17.5 Å². The van der Waals surface area contributed by atoms with Crippen LogP contribution < -0.4 is 0 Å². The Balaban J connectivity index is 1.75. The van der Waals surface area contributed by atoms with Crippen LogP contribution in [0.25, 0.3) is 12.2 Å². The third kappa shape index (κ3) is 4.64. The van der Waals surface area contributed by atoms with Crippen LogP contribution >= 0.6 is 0 Å². The van der Waals surface area contributed by atoms with Crippen molar-refractivity contribution in [1.82, 2.24) is 9.80 Å². The predicted molar refractivity (Wildman–Crippen MR) is 120 cm³/mol. The Hall–Kier alpha value is -2.75. The average molecular weight is 385 g/mol. The van der Waals surface area contributed by atoms with Gasteiger partial charge in [0.25, 0.3) is 0 Å². The monoisotopic (exact) mass is 384 g/mol. The molecule has 0 bridgehead atoms. The molecule has 3 heteroatoms. The Morgan fingerprint density at radius 1 is 0.690 bits per heavy atom. The van der Waals surface area contributed by atoms with Crippen LogP contribution in [-0.4, -0.2) is 55.9 Å². The first-order valence-electron chi connectivity index (χ1n) is 10.3. The Morgan fingerprint density at radius 2 is 1.24 bits per heavy atom. The fourth-order valence-electron chi connectivity index (χ4n) is 4.20. The average Bonchev–Trinajstić information content (AvgIpc) is 2.72. The van der Waals surface area contributed by atoms with E-state index < -0.39 is 0 Å². The van der Waals surface area contributed by atoms with E-state index in [1.54, 1.807) is 0 Å². The summed E-state index contributed by atoms with van der Waals surface area (Å²) in [6.07, 6.45) is 5.22. The second-order valence-electron chi connectivity index (χ2n) is 8.11. The summed E-state index contributed by atoms with van der Waals surface area (Å²) in [6, 6.07) is 20.5. The molecule has 2 aromatic carbocycles. The van der Waals surface area contributed by atoms with E-state index in [4.69, 9.17) is 0 Å². The molecule has 0 N–H and O–H groups in total. The lowest BCUT2D eigenvalue weighted by Gasteiger charge is -2.33. The molecular formula is C26H28N2O. The van der Waals surface area contributed by atoms with Crippen LogP contribution in [0, 0.1) is 0 Å². The number of likely N-dealkylation sites (tertiary alicyclic amines) is 2. The normalized spacial score (nSPS) is 24.4. The largest absolute Gasteiger partial charge is 0.302 e. The molecule has 0 unspecified atom stereocenters. The molecule has 2 aliphatic rings. The van der Waals surface area contributed by atoms with Crippen LogP contribution in [0.4, 0.5) is 0 Å². The summed E-state index contributed by atoms with van der Waals surface area (Å²) in [5.41, 5.74) is 6.62. The number of hydrogen-bond acceptors (Lipinski definition) is 3. The Morgan fingerprint density at radius 3 is 1.86 bits per heavy atom. The molecular weight excluding hydrogens is 356 g/mol. The van der Waals surface area contributed by atoms with E-state index in [0.717, 1.165) is 42.8 Å². The number of likely N-dealkylation sites (N-methyl/N-ethyl adjacent to an activating group) is 2. The molecule has 3 nitrogen and oxygen atoms in total. The maximum atomic E-state index is 13.5. The lowest BCUT2D eigenvalue weighted by atomic mass is 9.85. The number of ketones is 1. The van der Waals surface area contributed by atoms with Crippen molar-refractivity contribution in [2.24, 2.45) is 0 Å². The number of Topliss-reactive ketones (excluding diaryl/α,β-unsaturated/α-hetero) is 1. The summed E-state index contributed by atoms with van der Waals surface area (Å²) in [5.74, 6) is 0.213. The van der Waals surface area contributed by atoms with Gasteiger partial charge in [-0.2, -0.15) is 0 Å². The minimum absolute atomic E-state index is 0.213. The third-order valence-electron chi connectivity index (χ3n) is 5.65. The summed E-state index contributed by atoms with van der Waals surface area (Å²) in [6.45, 7) is 3.28. The van der Waals surface area contributed by atoms with Crippen molar-refractivity contribution in [1.29, 1.82) is 0 Å². The Bertz CT molecular complexity index is 970. The van der Waals surface area contributed by atoms with Crippen molar-refractivity contribution in [2.75, 3.05) is 40.3 Å². The van der Waals surface area contributed by atoms with E-state index in [2.05, 4.69) is 66.4 Å². The van der Waals surface area contributed by atoms with Gasteiger partial charge in [-0.1, -0.05) is 66.7 Å². The number of benzene rings is 2. The van der Waals surface area contributed by atoms with E-state index in [1.807, 2.05) is 30.3 Å². The van der Waals surface area contributed by atoms with Crippen LogP contribution in [0.3, 0.4) is 0 Å². The summed E-state index contributed by atoms with van der Waals surface area (Å²) < 4.78 is 0. The molecule has 29 heavy (non-hydrogen) atoms. The predicted octanol–water partition coefficient (Wildman–Crippen LogP) is 4.30. The van der Waals surface area contributed by atoms with Gasteiger partial charge in [0.1, 0.15) is 0 Å². The molecule has 4 rings (SSSR count). The van der Waals surface area contributed by atoms with Crippen molar-refractivity contribution >= 4 is 17.9 Å². The molecule has 0 spiro atoms. The quantitative estimate of drug-likeness (QED) is 0.721. The van der Waals surface area contributed by atoms with Gasteiger partial charge in [-0.25, -0.2) is 0 Å². The van der Waals surface area contributed by atoms with Gasteiger partial charge in [0.2, 0.25) is 0 Å². The molecule has 2 heterocycles. The molecule has 0 amide bonds. The van der Waals surface area contributed by atoms with Crippen LogP contribution in [0.2, 0.25) is 0 Å². The highest BCUT2D eigenvalue weighted by molar-refractivity contribution is 6.13. The zero-order valence-electron chi connectivity index (χ0n) is 17.3. The zero-order valence-corrected chi connectivity index (χ0v) is 17.3. The maximum Gasteiger partial charge on any atom is 0.187 e. The number of carbonyl (C=O) groups excluding carboxylic acids is 1. The molecule has 0 radical (unpaired) electrons. The SMILES string of the molecule is CN1CCC(=C2/CN(C)C/C(=C/c3ccccc3)C2=O)/C(=C/c2ccccc2)C1. The minimum Gasteiger partial charge on any atom is -0.302 e. The molecule has 2 saturated heterocycles. The molecule has 0 aliphatic carbocycles. The first-order chi connectivity index (χ1) is 14.1. The van der Waals surface area contributed by atoms with E-state index in [9.17, 15) is 4.79 Å². The van der Waals surface area contributed by atoms with Crippen LogP contribution in [-0.2, 0) is 4.79 Å². The third-order valence-corrected chi connectivity index (χ3v) is 5.65. The second-order valence-corrected chi connectivity index (χ2v) is 8.11. The standard InChI is InChI=1S/C26H28N2O/c1-27-14-13-24(22(17-27)15-20-9-5-3-6-10-20)25-19-28(2)18-23(26(25)29)16-21-11-7-4-8-12-21/h3-12,15-16H,13-14,17-19H2,1-2H3/b22-15+,23-16-,25-24+. The topological polar surface area (TPSA) is 23.6 Å². The van der Waals surface area contributed by atoms with E-state index in [0.29, 0.717) is 6.54 Å². The van der Waals surface area contributed by atoms with Gasteiger partial charge in [-0.05, 0) is 48.9 Å². The highest BCUT2D eigenvalue weighted by atomic mass is 16.1. The fraction of sp³-hybridized carbons (Fsp3) is 0.269. The van der Waals surface area contributed by atoms with E-state index >= 15 is 0 Å². The van der Waals surface area contributed by atoms with Gasteiger partial charge < -0.3 is 4.90 Å². The summed E-state index contributed by atoms with van der Waals surface area (Å²) in [5, 5.41) is 0. The van der Waals surface area contributed by atoms with Crippen molar-refractivity contribution in [2.45, 2.75) is 6.42 Å². The van der Waals surface area contributed by atoms with Crippen molar-refractivity contribution in [3.63, 3.8) is 0 Å². The number of hydrogen-bond donors (Lipinski definition) is 0. The van der Waals surface area contributed by atoms with Crippen LogP contribution in [0.5, 0.6) is 0 Å². The van der Waals surface area contributed by atoms with Crippen molar-refractivity contribution < 1.29 is 4.79 Å². The number of rotatable bonds is 2. The maximum absolute atomic E-state index is 13.5. The Labute approximate surface area is 173 Å². The lowest BCUT2D eigenvalue weighted by Crippen LogP contribution is -2.37. The minimum atomic E-state index is 0.213. The summed E-state index contributed by atoms with van der Waals surface area (Å²) >= 11 is 0. The molecule has 148 valence electrons. The fourth-order valence-corrected chi connectivity index (χ4v) is 4.20. The first-order valence-corrected chi connectivity index (χ1v) is 10.3. The van der Waals surface area contributed by atoms with E-state index in [1.165, 1.54) is 16.7 Å². The van der Waals surface area contributed by atoms with Gasteiger partial charge in [0.05, 0.1) is 0 Å². The second kappa shape index (κ2) is 8.73. The summed E-state index contributed by atoms with van der Waals surface area (Å²) in [4.78, 5) is 18.0. The van der Waals surface area contributed by atoms with Gasteiger partial charge in [0.15, 0.2) is 5.78 Å². The van der Waals surface area contributed by atoms with Crippen molar-refractivity contribution in [3.05, 3.63) is 94.1 Å². The molecule has 2 aromatic rings.